The van der Waals surface area contributed by atoms with Crippen LogP contribution in [0.4, 0.5) is 0 Å². The maximum Gasteiger partial charge on any atom is 0.251 e. The molecule has 2 heterocycles. The van der Waals surface area contributed by atoms with Gasteiger partial charge in [0.2, 0.25) is 0 Å². The summed E-state index contributed by atoms with van der Waals surface area (Å²) in [5.74, 6) is 0.217. The van der Waals surface area contributed by atoms with Gasteiger partial charge in [-0.1, -0.05) is 13.3 Å². The van der Waals surface area contributed by atoms with Crippen molar-refractivity contribution >= 4 is 5.91 Å². The number of hydrogen-bond acceptors (Lipinski definition) is 3. The fraction of sp³-hybridized carbons (Fsp3) is 0.929. The van der Waals surface area contributed by atoms with Crippen molar-refractivity contribution in [2.75, 3.05) is 26.2 Å². The minimum absolute atomic E-state index is 0.164. The number of rotatable bonds is 6. The standard InChI is InChI=1S/C14H26N2O2/c1-2-3-9-16(11-12-6-4-8-15-12)14(17)13-7-5-10-18-13/h12-13,15H,2-11H2,1H3/t12?,13-/m0/s1. The van der Waals surface area contributed by atoms with E-state index in [0.29, 0.717) is 6.04 Å². The minimum atomic E-state index is -0.164. The summed E-state index contributed by atoms with van der Waals surface area (Å²) >= 11 is 0. The minimum Gasteiger partial charge on any atom is -0.368 e. The lowest BCUT2D eigenvalue weighted by Crippen LogP contribution is -2.45. The summed E-state index contributed by atoms with van der Waals surface area (Å²) in [4.78, 5) is 14.4. The van der Waals surface area contributed by atoms with E-state index < -0.39 is 0 Å². The van der Waals surface area contributed by atoms with Gasteiger partial charge in [-0.3, -0.25) is 4.79 Å². The van der Waals surface area contributed by atoms with Gasteiger partial charge >= 0.3 is 0 Å². The smallest absolute Gasteiger partial charge is 0.251 e. The average Bonchev–Trinajstić information content (AvgIpc) is 3.06. The van der Waals surface area contributed by atoms with Crippen molar-refractivity contribution in [3.8, 4) is 0 Å². The van der Waals surface area contributed by atoms with E-state index in [2.05, 4.69) is 12.2 Å². The van der Waals surface area contributed by atoms with Gasteiger partial charge in [-0.05, 0) is 38.6 Å². The van der Waals surface area contributed by atoms with E-state index in [1.54, 1.807) is 0 Å². The van der Waals surface area contributed by atoms with Crippen LogP contribution in [0.15, 0.2) is 0 Å². The second-order valence-electron chi connectivity index (χ2n) is 5.43. The van der Waals surface area contributed by atoms with Crippen molar-refractivity contribution in [1.29, 1.82) is 0 Å². The third-order valence-corrected chi connectivity index (χ3v) is 3.90. The van der Waals surface area contributed by atoms with Crippen LogP contribution in [0.25, 0.3) is 0 Å². The maximum absolute atomic E-state index is 12.4. The van der Waals surface area contributed by atoms with Crippen molar-refractivity contribution in [2.45, 2.75) is 57.6 Å². The molecule has 0 aliphatic carbocycles. The highest BCUT2D eigenvalue weighted by Crippen LogP contribution is 2.16. The Bertz CT molecular complexity index is 259. The van der Waals surface area contributed by atoms with Crippen molar-refractivity contribution in [1.82, 2.24) is 10.2 Å². The number of hydrogen-bond donors (Lipinski definition) is 1. The normalized spacial score (nSPS) is 27.6. The summed E-state index contributed by atoms with van der Waals surface area (Å²) in [7, 11) is 0. The number of nitrogens with one attached hydrogen (secondary N) is 1. The molecule has 1 N–H and O–H groups in total. The molecule has 2 fully saturated rings. The Kier molecular flexibility index (Phi) is 5.45. The zero-order valence-electron chi connectivity index (χ0n) is 11.5. The van der Waals surface area contributed by atoms with E-state index in [-0.39, 0.29) is 12.0 Å². The topological polar surface area (TPSA) is 41.6 Å². The first-order chi connectivity index (χ1) is 8.81. The lowest BCUT2D eigenvalue weighted by atomic mass is 10.1. The van der Waals surface area contributed by atoms with Gasteiger partial charge in [-0.2, -0.15) is 0 Å². The lowest BCUT2D eigenvalue weighted by molar-refractivity contribution is -0.141. The highest BCUT2D eigenvalue weighted by atomic mass is 16.5. The number of carbonyl (C=O) groups excluding carboxylic acids is 1. The predicted octanol–water partition coefficient (Wildman–Crippen LogP) is 1.55. The Balaban J connectivity index is 1.87. The molecule has 0 spiro atoms. The van der Waals surface area contributed by atoms with Gasteiger partial charge in [-0.25, -0.2) is 0 Å². The molecular formula is C14H26N2O2. The number of ether oxygens (including phenoxy) is 1. The van der Waals surface area contributed by atoms with Gasteiger partial charge in [0.05, 0.1) is 0 Å². The van der Waals surface area contributed by atoms with Crippen molar-refractivity contribution in [3.05, 3.63) is 0 Å². The van der Waals surface area contributed by atoms with Gasteiger partial charge in [0, 0.05) is 25.7 Å². The highest BCUT2D eigenvalue weighted by molar-refractivity contribution is 5.81. The molecule has 2 rings (SSSR count). The average molecular weight is 254 g/mol. The van der Waals surface area contributed by atoms with Crippen LogP contribution in [0.5, 0.6) is 0 Å². The number of nitrogens with zero attached hydrogens (tertiary/aromatic N) is 1. The molecule has 4 nitrogen and oxygen atoms in total. The second kappa shape index (κ2) is 7.10. The van der Waals surface area contributed by atoms with Gasteiger partial charge < -0.3 is 15.0 Å². The van der Waals surface area contributed by atoms with Crippen molar-refractivity contribution in [2.24, 2.45) is 0 Å². The third kappa shape index (κ3) is 3.69. The van der Waals surface area contributed by atoms with Crippen molar-refractivity contribution < 1.29 is 9.53 Å². The molecule has 0 saturated carbocycles. The summed E-state index contributed by atoms with van der Waals surface area (Å²) in [5, 5.41) is 3.47. The largest absolute Gasteiger partial charge is 0.368 e. The number of unbranched alkanes of at least 4 members (excludes halogenated alkanes) is 1. The molecule has 1 amide bonds. The molecule has 18 heavy (non-hydrogen) atoms. The summed E-state index contributed by atoms with van der Waals surface area (Å²) in [6.07, 6.45) is 6.42. The molecule has 0 radical (unpaired) electrons. The molecule has 2 atom stereocenters. The first kappa shape index (κ1) is 13.8. The van der Waals surface area contributed by atoms with Crippen molar-refractivity contribution in [3.63, 3.8) is 0 Å². The van der Waals surface area contributed by atoms with Crippen LogP contribution in [0, 0.1) is 0 Å². The van der Waals surface area contributed by atoms with Crippen LogP contribution in [-0.2, 0) is 9.53 Å². The maximum atomic E-state index is 12.4. The molecular weight excluding hydrogens is 228 g/mol. The molecule has 0 aromatic carbocycles. The molecule has 2 saturated heterocycles. The molecule has 0 aromatic rings. The third-order valence-electron chi connectivity index (χ3n) is 3.90. The summed E-state index contributed by atoms with van der Waals surface area (Å²) in [6, 6.07) is 0.493. The van der Waals surface area contributed by atoms with E-state index in [9.17, 15) is 4.79 Å². The molecule has 0 aromatic heterocycles. The van der Waals surface area contributed by atoms with E-state index in [0.717, 1.165) is 51.9 Å². The van der Waals surface area contributed by atoms with E-state index in [4.69, 9.17) is 4.74 Å². The first-order valence-corrected chi connectivity index (χ1v) is 7.45. The molecule has 1 unspecified atom stereocenters. The van der Waals surface area contributed by atoms with E-state index >= 15 is 0 Å². The summed E-state index contributed by atoms with van der Waals surface area (Å²) in [6.45, 7) is 5.76. The van der Waals surface area contributed by atoms with Crippen LogP contribution in [0.3, 0.4) is 0 Å². The molecule has 0 bridgehead atoms. The van der Waals surface area contributed by atoms with Gasteiger partial charge in [0.1, 0.15) is 6.10 Å². The first-order valence-electron chi connectivity index (χ1n) is 7.45. The Hall–Kier alpha value is -0.610. The summed E-state index contributed by atoms with van der Waals surface area (Å²) < 4.78 is 5.53. The van der Waals surface area contributed by atoms with Gasteiger partial charge in [0.15, 0.2) is 0 Å². The van der Waals surface area contributed by atoms with Crippen LogP contribution >= 0.6 is 0 Å². The van der Waals surface area contributed by atoms with Crippen LogP contribution in [0.2, 0.25) is 0 Å². The Morgan fingerprint density at radius 1 is 1.39 bits per heavy atom. The Morgan fingerprint density at radius 3 is 2.89 bits per heavy atom. The molecule has 2 aliphatic heterocycles. The number of carbonyl (C=O) groups is 1. The molecule has 4 heteroatoms. The van der Waals surface area contributed by atoms with Crippen LogP contribution < -0.4 is 5.32 Å². The van der Waals surface area contributed by atoms with E-state index in [1.807, 2.05) is 4.90 Å². The summed E-state index contributed by atoms with van der Waals surface area (Å²) in [5.41, 5.74) is 0. The SMILES string of the molecule is CCCCN(CC1CCCN1)C(=O)[C@@H]1CCCO1. The second-order valence-corrected chi connectivity index (χ2v) is 5.43. The fourth-order valence-electron chi connectivity index (χ4n) is 2.80. The quantitative estimate of drug-likeness (QED) is 0.782. The van der Waals surface area contributed by atoms with Crippen LogP contribution in [-0.4, -0.2) is 49.2 Å². The van der Waals surface area contributed by atoms with Crippen LogP contribution in [0.1, 0.15) is 45.4 Å². The fourth-order valence-corrected chi connectivity index (χ4v) is 2.80. The zero-order chi connectivity index (χ0) is 12.8. The Labute approximate surface area is 110 Å². The lowest BCUT2D eigenvalue weighted by Gasteiger charge is -2.28. The van der Waals surface area contributed by atoms with Gasteiger partial charge in [-0.15, -0.1) is 0 Å². The monoisotopic (exact) mass is 254 g/mol. The predicted molar refractivity (Wildman–Crippen MR) is 71.5 cm³/mol. The van der Waals surface area contributed by atoms with E-state index in [1.165, 1.54) is 12.8 Å². The Morgan fingerprint density at radius 2 is 2.28 bits per heavy atom. The molecule has 2 aliphatic rings. The zero-order valence-corrected chi connectivity index (χ0v) is 11.5. The highest BCUT2D eigenvalue weighted by Gasteiger charge is 2.29. The van der Waals surface area contributed by atoms with Gasteiger partial charge in [0.25, 0.3) is 5.91 Å². The number of amides is 1. The molecule has 104 valence electrons.